The lowest BCUT2D eigenvalue weighted by molar-refractivity contribution is -0.122. The third-order valence-corrected chi connectivity index (χ3v) is 8.38. The summed E-state index contributed by atoms with van der Waals surface area (Å²) in [5.74, 6) is -0.988. The summed E-state index contributed by atoms with van der Waals surface area (Å²) in [4.78, 5) is 27.4. The van der Waals surface area contributed by atoms with Crippen molar-refractivity contribution >= 4 is 55.1 Å². The van der Waals surface area contributed by atoms with E-state index in [1.165, 1.54) is 12.1 Å². The molecular weight excluding hydrogens is 540 g/mol. The Balaban J connectivity index is 1.69. The van der Waals surface area contributed by atoms with Gasteiger partial charge in [-0.2, -0.15) is 4.31 Å². The van der Waals surface area contributed by atoms with Crippen LogP contribution in [-0.4, -0.2) is 37.1 Å². The third kappa shape index (κ3) is 5.10. The maximum atomic E-state index is 13.7. The van der Waals surface area contributed by atoms with Gasteiger partial charge in [-0.1, -0.05) is 57.4 Å². The summed E-state index contributed by atoms with van der Waals surface area (Å²) in [7, 11) is -4.07. The number of carbonyl (C=O) groups is 2. The number of sulfonamides is 1. The standard InChI is InChI=1S/C25H22BrClN2O4S/c1-17-5-9-21(10-6-17)29-24(30)16-23(25(29)31)28(14-13-18-3-2-4-20(27)15-18)34(32,33)22-11-7-19(26)8-12-22/h2-12,15,23H,13-14,16H2,1H3. The van der Waals surface area contributed by atoms with Crippen molar-refractivity contribution in [3.8, 4) is 0 Å². The Hall–Kier alpha value is -2.52. The number of aryl methyl sites for hydroxylation is 1. The average Bonchev–Trinajstić information content (AvgIpc) is 3.08. The van der Waals surface area contributed by atoms with Crippen LogP contribution in [0.3, 0.4) is 0 Å². The molecule has 0 radical (unpaired) electrons. The van der Waals surface area contributed by atoms with Crippen LogP contribution >= 0.6 is 27.5 Å². The summed E-state index contributed by atoms with van der Waals surface area (Å²) >= 11 is 9.40. The van der Waals surface area contributed by atoms with Gasteiger partial charge in [-0.05, 0) is 67.4 Å². The number of amides is 2. The van der Waals surface area contributed by atoms with Gasteiger partial charge in [-0.3, -0.25) is 9.59 Å². The van der Waals surface area contributed by atoms with Crippen molar-refractivity contribution in [1.82, 2.24) is 4.31 Å². The number of nitrogens with zero attached hydrogens (tertiary/aromatic N) is 2. The van der Waals surface area contributed by atoms with Gasteiger partial charge in [0, 0.05) is 16.0 Å². The molecule has 1 aliphatic heterocycles. The molecule has 0 N–H and O–H groups in total. The van der Waals surface area contributed by atoms with Gasteiger partial charge in [0.1, 0.15) is 6.04 Å². The molecule has 1 saturated heterocycles. The van der Waals surface area contributed by atoms with Crippen molar-refractivity contribution in [3.63, 3.8) is 0 Å². The van der Waals surface area contributed by atoms with E-state index in [4.69, 9.17) is 11.6 Å². The summed E-state index contributed by atoms with van der Waals surface area (Å²) in [6.45, 7) is 1.92. The van der Waals surface area contributed by atoms with Crippen LogP contribution in [0.1, 0.15) is 17.5 Å². The fourth-order valence-electron chi connectivity index (χ4n) is 3.92. The lowest BCUT2D eigenvalue weighted by Crippen LogP contribution is -2.46. The van der Waals surface area contributed by atoms with Gasteiger partial charge >= 0.3 is 0 Å². The molecule has 9 heteroatoms. The number of carbonyl (C=O) groups excluding carboxylic acids is 2. The van der Waals surface area contributed by atoms with Crippen LogP contribution in [0.15, 0.2) is 82.2 Å². The van der Waals surface area contributed by atoms with Crippen molar-refractivity contribution in [1.29, 1.82) is 0 Å². The Labute approximate surface area is 212 Å². The third-order valence-electron chi connectivity index (χ3n) is 5.69. The van der Waals surface area contributed by atoms with E-state index in [9.17, 15) is 18.0 Å². The van der Waals surface area contributed by atoms with Gasteiger partial charge in [0.05, 0.1) is 17.0 Å². The minimum atomic E-state index is -4.07. The molecule has 1 heterocycles. The molecule has 0 saturated carbocycles. The molecule has 4 rings (SSSR count). The van der Waals surface area contributed by atoms with Crippen LogP contribution in [0.4, 0.5) is 5.69 Å². The summed E-state index contributed by atoms with van der Waals surface area (Å²) in [5.41, 5.74) is 2.25. The normalized spacial score (nSPS) is 16.5. The first-order valence-electron chi connectivity index (χ1n) is 10.6. The first-order valence-corrected chi connectivity index (χ1v) is 13.2. The summed E-state index contributed by atoms with van der Waals surface area (Å²) in [6.07, 6.45) is 0.108. The Kier molecular flexibility index (Phi) is 7.23. The monoisotopic (exact) mass is 560 g/mol. The van der Waals surface area contributed by atoms with Crippen molar-refractivity contribution in [2.75, 3.05) is 11.4 Å². The minimum absolute atomic E-state index is 0.0180. The van der Waals surface area contributed by atoms with E-state index in [2.05, 4.69) is 15.9 Å². The molecule has 1 fully saturated rings. The van der Waals surface area contributed by atoms with E-state index < -0.39 is 27.9 Å². The van der Waals surface area contributed by atoms with E-state index >= 15 is 0 Å². The van der Waals surface area contributed by atoms with Crippen molar-refractivity contribution in [2.24, 2.45) is 0 Å². The highest BCUT2D eigenvalue weighted by Gasteiger charge is 2.46. The Morgan fingerprint density at radius 1 is 1.03 bits per heavy atom. The predicted molar refractivity (Wildman–Crippen MR) is 135 cm³/mol. The number of hydrogen-bond acceptors (Lipinski definition) is 4. The molecule has 0 spiro atoms. The summed E-state index contributed by atoms with van der Waals surface area (Å²) in [6, 6.07) is 19.2. The van der Waals surface area contributed by atoms with Crippen molar-refractivity contribution in [2.45, 2.75) is 30.7 Å². The summed E-state index contributed by atoms with van der Waals surface area (Å²) in [5, 5.41) is 0.539. The molecule has 1 aliphatic rings. The van der Waals surface area contributed by atoms with E-state index in [1.54, 1.807) is 54.6 Å². The van der Waals surface area contributed by atoms with Gasteiger partial charge in [-0.25, -0.2) is 13.3 Å². The number of imide groups is 1. The molecule has 3 aromatic rings. The van der Waals surface area contributed by atoms with Crippen LogP contribution in [-0.2, 0) is 26.0 Å². The lowest BCUT2D eigenvalue weighted by atomic mass is 10.1. The van der Waals surface area contributed by atoms with Gasteiger partial charge in [0.25, 0.3) is 5.91 Å². The van der Waals surface area contributed by atoms with E-state index in [0.717, 1.165) is 24.8 Å². The fourth-order valence-corrected chi connectivity index (χ4v) is 5.98. The average molecular weight is 562 g/mol. The predicted octanol–water partition coefficient (Wildman–Crippen LogP) is 4.98. The molecule has 176 valence electrons. The maximum absolute atomic E-state index is 13.7. The molecule has 3 aromatic carbocycles. The molecular formula is C25H22BrClN2O4S. The topological polar surface area (TPSA) is 74.8 Å². The van der Waals surface area contributed by atoms with Crippen molar-refractivity contribution in [3.05, 3.63) is 93.4 Å². The second kappa shape index (κ2) is 10.00. The van der Waals surface area contributed by atoms with Gasteiger partial charge in [0.15, 0.2) is 0 Å². The van der Waals surface area contributed by atoms with Crippen LogP contribution in [0.2, 0.25) is 5.02 Å². The second-order valence-electron chi connectivity index (χ2n) is 8.07. The van der Waals surface area contributed by atoms with Gasteiger partial charge in [0.2, 0.25) is 15.9 Å². The van der Waals surface area contributed by atoms with Gasteiger partial charge in [-0.15, -0.1) is 0 Å². The number of hydrogen-bond donors (Lipinski definition) is 0. The first kappa shape index (κ1) is 24.6. The number of halogens is 2. The van der Waals surface area contributed by atoms with E-state index in [-0.39, 0.29) is 17.9 Å². The fraction of sp³-hybridized carbons (Fsp3) is 0.200. The number of anilines is 1. The van der Waals surface area contributed by atoms with Crippen LogP contribution < -0.4 is 4.90 Å². The van der Waals surface area contributed by atoms with Crippen molar-refractivity contribution < 1.29 is 18.0 Å². The highest BCUT2D eigenvalue weighted by Crippen LogP contribution is 2.30. The Bertz CT molecular complexity index is 1330. The highest BCUT2D eigenvalue weighted by molar-refractivity contribution is 9.10. The zero-order valence-electron chi connectivity index (χ0n) is 18.3. The second-order valence-corrected chi connectivity index (χ2v) is 11.3. The SMILES string of the molecule is Cc1ccc(N2C(=O)CC(N(CCc3cccc(Cl)c3)S(=O)(=O)c3ccc(Br)cc3)C2=O)cc1. The zero-order valence-corrected chi connectivity index (χ0v) is 21.5. The Morgan fingerprint density at radius 2 is 1.71 bits per heavy atom. The molecule has 0 bridgehead atoms. The van der Waals surface area contributed by atoms with Crippen LogP contribution in [0.25, 0.3) is 0 Å². The number of benzene rings is 3. The molecule has 34 heavy (non-hydrogen) atoms. The largest absolute Gasteiger partial charge is 0.274 e. The molecule has 0 aromatic heterocycles. The van der Waals surface area contributed by atoms with Crippen LogP contribution in [0, 0.1) is 6.92 Å². The highest BCUT2D eigenvalue weighted by atomic mass is 79.9. The smallest absolute Gasteiger partial charge is 0.252 e. The molecule has 1 unspecified atom stereocenters. The maximum Gasteiger partial charge on any atom is 0.252 e. The molecule has 0 aliphatic carbocycles. The lowest BCUT2D eigenvalue weighted by Gasteiger charge is -2.27. The Morgan fingerprint density at radius 3 is 2.35 bits per heavy atom. The first-order chi connectivity index (χ1) is 16.2. The quantitative estimate of drug-likeness (QED) is 0.382. The van der Waals surface area contributed by atoms with E-state index in [0.29, 0.717) is 17.1 Å². The molecule has 6 nitrogen and oxygen atoms in total. The zero-order chi connectivity index (χ0) is 24.5. The van der Waals surface area contributed by atoms with E-state index in [1.807, 2.05) is 13.0 Å². The minimum Gasteiger partial charge on any atom is -0.274 e. The molecule has 2 amide bonds. The number of rotatable bonds is 7. The molecule has 1 atom stereocenters. The van der Waals surface area contributed by atoms with Gasteiger partial charge < -0.3 is 0 Å². The van der Waals surface area contributed by atoms with Crippen LogP contribution in [0.5, 0.6) is 0 Å². The summed E-state index contributed by atoms with van der Waals surface area (Å²) < 4.78 is 29.2.